The lowest BCUT2D eigenvalue weighted by Crippen LogP contribution is -2.50. The van der Waals surface area contributed by atoms with Gasteiger partial charge in [0.25, 0.3) is 0 Å². The first-order valence-corrected chi connectivity index (χ1v) is 8.16. The van der Waals surface area contributed by atoms with Crippen LogP contribution in [-0.2, 0) is 4.74 Å². The van der Waals surface area contributed by atoms with Crippen molar-refractivity contribution in [2.45, 2.75) is 52.8 Å². The third-order valence-electron chi connectivity index (χ3n) is 4.25. The normalized spacial score (nSPS) is 25.0. The van der Waals surface area contributed by atoms with Crippen molar-refractivity contribution < 1.29 is 4.74 Å². The first-order valence-electron chi connectivity index (χ1n) is 8.16. The Morgan fingerprint density at radius 2 is 1.90 bits per heavy atom. The molecule has 0 spiro atoms. The summed E-state index contributed by atoms with van der Waals surface area (Å²) >= 11 is 0. The molecule has 3 nitrogen and oxygen atoms in total. The van der Waals surface area contributed by atoms with Gasteiger partial charge in [0.15, 0.2) is 0 Å². The van der Waals surface area contributed by atoms with Crippen molar-refractivity contribution in [3.05, 3.63) is 34.9 Å². The largest absolute Gasteiger partial charge is 0.376 e. The second-order valence-electron chi connectivity index (χ2n) is 6.48. The van der Waals surface area contributed by atoms with E-state index in [1.54, 1.807) is 0 Å². The summed E-state index contributed by atoms with van der Waals surface area (Å²) in [6.07, 6.45) is 0.336. The van der Waals surface area contributed by atoms with E-state index in [2.05, 4.69) is 63.0 Å². The van der Waals surface area contributed by atoms with Crippen molar-refractivity contribution in [1.29, 1.82) is 0 Å². The van der Waals surface area contributed by atoms with Crippen LogP contribution in [0.15, 0.2) is 18.2 Å². The van der Waals surface area contributed by atoms with E-state index in [9.17, 15) is 0 Å². The summed E-state index contributed by atoms with van der Waals surface area (Å²) in [6, 6.07) is 7.75. The standard InChI is InChI=1S/C18H30N2O/c1-6-19-18(17-8-13(2)7-14(3)9-17)11-20-10-16(5)21-12-15(20)4/h7-9,15-16,18-19H,6,10-12H2,1-5H3. The number of benzene rings is 1. The SMILES string of the molecule is CCNC(CN1CC(C)OCC1C)c1cc(C)cc(C)c1. The lowest BCUT2D eigenvalue weighted by atomic mass is 10.00. The Kier molecular flexibility index (Phi) is 5.80. The molecule has 3 unspecified atom stereocenters. The highest BCUT2D eigenvalue weighted by Crippen LogP contribution is 2.21. The maximum absolute atomic E-state index is 5.74. The van der Waals surface area contributed by atoms with E-state index < -0.39 is 0 Å². The Bertz CT molecular complexity index is 440. The predicted molar refractivity (Wildman–Crippen MR) is 88.8 cm³/mol. The summed E-state index contributed by atoms with van der Waals surface area (Å²) in [6.45, 7) is 14.9. The minimum atomic E-state index is 0.336. The van der Waals surface area contributed by atoms with E-state index in [1.807, 2.05) is 0 Å². The highest BCUT2D eigenvalue weighted by molar-refractivity contribution is 5.31. The molecule has 0 saturated carbocycles. The van der Waals surface area contributed by atoms with Gasteiger partial charge in [0.1, 0.15) is 0 Å². The fourth-order valence-corrected chi connectivity index (χ4v) is 3.21. The molecule has 1 heterocycles. The number of aryl methyl sites for hydroxylation is 2. The fraction of sp³-hybridized carbons (Fsp3) is 0.667. The molecule has 0 aliphatic carbocycles. The van der Waals surface area contributed by atoms with Gasteiger partial charge in [0.05, 0.1) is 12.7 Å². The van der Waals surface area contributed by atoms with Crippen LogP contribution in [0.2, 0.25) is 0 Å². The van der Waals surface area contributed by atoms with Crippen molar-refractivity contribution in [3.63, 3.8) is 0 Å². The van der Waals surface area contributed by atoms with Crippen LogP contribution in [0.5, 0.6) is 0 Å². The molecule has 1 aliphatic heterocycles. The zero-order valence-electron chi connectivity index (χ0n) is 14.1. The molecule has 2 rings (SSSR count). The van der Waals surface area contributed by atoms with E-state index in [4.69, 9.17) is 4.74 Å². The molecule has 3 heteroatoms. The van der Waals surface area contributed by atoms with Crippen LogP contribution in [0.4, 0.5) is 0 Å². The first kappa shape index (κ1) is 16.5. The van der Waals surface area contributed by atoms with Crippen LogP contribution >= 0.6 is 0 Å². The highest BCUT2D eigenvalue weighted by atomic mass is 16.5. The number of likely N-dealkylation sites (N-methyl/N-ethyl adjacent to an activating group) is 1. The third-order valence-corrected chi connectivity index (χ3v) is 4.25. The third kappa shape index (κ3) is 4.53. The maximum atomic E-state index is 5.74. The molecule has 0 aromatic heterocycles. The van der Waals surface area contributed by atoms with Crippen molar-refractivity contribution >= 4 is 0 Å². The van der Waals surface area contributed by atoms with E-state index in [-0.39, 0.29) is 0 Å². The monoisotopic (exact) mass is 290 g/mol. The van der Waals surface area contributed by atoms with Crippen LogP contribution in [0, 0.1) is 13.8 Å². The molecule has 3 atom stereocenters. The van der Waals surface area contributed by atoms with Gasteiger partial charge in [-0.3, -0.25) is 4.90 Å². The van der Waals surface area contributed by atoms with Gasteiger partial charge in [-0.1, -0.05) is 36.2 Å². The Labute approximate surface area is 129 Å². The molecule has 1 saturated heterocycles. The maximum Gasteiger partial charge on any atom is 0.0674 e. The summed E-state index contributed by atoms with van der Waals surface area (Å²) in [5.74, 6) is 0. The minimum absolute atomic E-state index is 0.336. The zero-order valence-corrected chi connectivity index (χ0v) is 14.1. The summed E-state index contributed by atoms with van der Waals surface area (Å²) < 4.78 is 5.74. The molecular weight excluding hydrogens is 260 g/mol. The summed E-state index contributed by atoms with van der Waals surface area (Å²) in [5, 5.41) is 3.65. The molecule has 0 amide bonds. The molecular formula is C18H30N2O. The number of nitrogens with zero attached hydrogens (tertiary/aromatic N) is 1. The Morgan fingerprint density at radius 1 is 1.24 bits per heavy atom. The zero-order chi connectivity index (χ0) is 15.4. The second kappa shape index (κ2) is 7.39. The smallest absolute Gasteiger partial charge is 0.0674 e. The number of hydrogen-bond acceptors (Lipinski definition) is 3. The molecule has 1 fully saturated rings. The minimum Gasteiger partial charge on any atom is -0.376 e. The van der Waals surface area contributed by atoms with Gasteiger partial charge < -0.3 is 10.1 Å². The lowest BCUT2D eigenvalue weighted by Gasteiger charge is -2.39. The molecule has 1 aliphatic rings. The van der Waals surface area contributed by atoms with Crippen LogP contribution < -0.4 is 5.32 Å². The molecule has 0 bridgehead atoms. The number of ether oxygens (including phenoxy) is 1. The van der Waals surface area contributed by atoms with Crippen molar-refractivity contribution in [2.75, 3.05) is 26.2 Å². The molecule has 1 N–H and O–H groups in total. The van der Waals surface area contributed by atoms with E-state index in [0.29, 0.717) is 18.2 Å². The van der Waals surface area contributed by atoms with E-state index in [1.165, 1.54) is 16.7 Å². The molecule has 1 aromatic rings. The van der Waals surface area contributed by atoms with Crippen LogP contribution in [0.3, 0.4) is 0 Å². The van der Waals surface area contributed by atoms with Gasteiger partial charge in [-0.05, 0) is 39.8 Å². The highest BCUT2D eigenvalue weighted by Gasteiger charge is 2.26. The van der Waals surface area contributed by atoms with Crippen molar-refractivity contribution in [3.8, 4) is 0 Å². The predicted octanol–water partition coefficient (Wildman–Crippen LogP) is 3.06. The molecule has 21 heavy (non-hydrogen) atoms. The van der Waals surface area contributed by atoms with E-state index in [0.717, 1.165) is 26.2 Å². The summed E-state index contributed by atoms with van der Waals surface area (Å²) in [7, 11) is 0. The average molecular weight is 290 g/mol. The first-order chi connectivity index (χ1) is 9.99. The number of morpholine rings is 1. The summed E-state index contributed by atoms with van der Waals surface area (Å²) in [5.41, 5.74) is 4.09. The van der Waals surface area contributed by atoms with E-state index >= 15 is 0 Å². The van der Waals surface area contributed by atoms with Crippen LogP contribution in [-0.4, -0.2) is 43.3 Å². The quantitative estimate of drug-likeness (QED) is 0.902. The Balaban J connectivity index is 2.14. The van der Waals surface area contributed by atoms with Crippen LogP contribution in [0.1, 0.15) is 43.5 Å². The fourth-order valence-electron chi connectivity index (χ4n) is 3.21. The number of rotatable bonds is 5. The second-order valence-corrected chi connectivity index (χ2v) is 6.48. The van der Waals surface area contributed by atoms with Gasteiger partial charge in [0.2, 0.25) is 0 Å². The van der Waals surface area contributed by atoms with Crippen molar-refractivity contribution in [2.24, 2.45) is 0 Å². The molecule has 0 radical (unpaired) electrons. The van der Waals surface area contributed by atoms with Gasteiger partial charge in [-0.15, -0.1) is 0 Å². The Morgan fingerprint density at radius 3 is 2.52 bits per heavy atom. The number of hydrogen-bond donors (Lipinski definition) is 1. The van der Waals surface area contributed by atoms with Gasteiger partial charge >= 0.3 is 0 Å². The van der Waals surface area contributed by atoms with Gasteiger partial charge in [-0.2, -0.15) is 0 Å². The lowest BCUT2D eigenvalue weighted by molar-refractivity contribution is -0.0521. The number of nitrogens with one attached hydrogen (secondary N) is 1. The van der Waals surface area contributed by atoms with Gasteiger partial charge in [0, 0.05) is 25.2 Å². The summed E-state index contributed by atoms with van der Waals surface area (Å²) in [4.78, 5) is 2.55. The van der Waals surface area contributed by atoms with Crippen molar-refractivity contribution in [1.82, 2.24) is 10.2 Å². The Hall–Kier alpha value is -0.900. The molecule has 1 aromatic carbocycles. The average Bonchev–Trinajstić information content (AvgIpc) is 2.41. The van der Waals surface area contributed by atoms with Crippen LogP contribution in [0.25, 0.3) is 0 Å². The van der Waals surface area contributed by atoms with Gasteiger partial charge in [-0.25, -0.2) is 0 Å². The molecule has 118 valence electrons. The topological polar surface area (TPSA) is 24.5 Å².